The predicted octanol–water partition coefficient (Wildman–Crippen LogP) is 9.91. The van der Waals surface area contributed by atoms with Crippen molar-refractivity contribution >= 4 is 21.5 Å². The molecule has 176 valence electrons. The Bertz CT molecular complexity index is 1290. The van der Waals surface area contributed by atoms with Crippen LogP contribution in [0, 0.1) is 0 Å². The molecule has 0 bridgehead atoms. The predicted molar refractivity (Wildman–Crippen MR) is 147 cm³/mol. The molecule has 1 aliphatic rings. The third-order valence-corrected chi connectivity index (χ3v) is 8.09. The number of hydrogen-bond acceptors (Lipinski definition) is 1. The van der Waals surface area contributed by atoms with E-state index in [-0.39, 0.29) is 5.41 Å². The van der Waals surface area contributed by atoms with Gasteiger partial charge in [0, 0.05) is 5.41 Å². The lowest BCUT2D eigenvalue weighted by Gasteiger charge is -2.34. The summed E-state index contributed by atoms with van der Waals surface area (Å²) >= 11 is 0. The zero-order valence-electron chi connectivity index (χ0n) is 20.9. The van der Waals surface area contributed by atoms with E-state index in [2.05, 4.69) is 68.4 Å². The highest BCUT2D eigenvalue weighted by atomic mass is 16.3. The van der Waals surface area contributed by atoms with Gasteiger partial charge in [0.05, 0.1) is 0 Å². The molecule has 1 heteroatoms. The summed E-state index contributed by atoms with van der Waals surface area (Å²) in [7, 11) is 0. The first-order valence-electron chi connectivity index (χ1n) is 13.5. The van der Waals surface area contributed by atoms with E-state index in [1.807, 2.05) is 12.1 Å². The van der Waals surface area contributed by atoms with Gasteiger partial charge in [-0.3, -0.25) is 0 Å². The van der Waals surface area contributed by atoms with E-state index in [9.17, 15) is 5.11 Å². The van der Waals surface area contributed by atoms with Crippen molar-refractivity contribution in [3.05, 3.63) is 77.9 Å². The highest BCUT2D eigenvalue weighted by molar-refractivity contribution is 6.03. The van der Waals surface area contributed by atoms with Crippen LogP contribution in [0.1, 0.15) is 89.2 Å². The van der Waals surface area contributed by atoms with E-state index in [0.717, 1.165) is 5.39 Å². The molecule has 0 heterocycles. The van der Waals surface area contributed by atoms with Crippen molar-refractivity contribution in [2.75, 3.05) is 0 Å². The first-order valence-corrected chi connectivity index (χ1v) is 13.5. The molecule has 0 aromatic heterocycles. The Labute approximate surface area is 204 Å². The minimum atomic E-state index is 0.0312. The molecule has 0 spiro atoms. The average Bonchev–Trinajstić information content (AvgIpc) is 3.15. The number of phenols is 1. The molecule has 1 N–H and O–H groups in total. The summed E-state index contributed by atoms with van der Waals surface area (Å²) in [6.45, 7) is 4.60. The number of fused-ring (bicyclic) bond motifs is 7. The van der Waals surface area contributed by atoms with Crippen LogP contribution in [0.3, 0.4) is 0 Å². The minimum absolute atomic E-state index is 0.0312. The molecule has 0 amide bonds. The van der Waals surface area contributed by atoms with Gasteiger partial charge in [0.25, 0.3) is 0 Å². The smallest absolute Gasteiger partial charge is 0.116 e. The number of hydrogen-bond donors (Lipinski definition) is 1. The molecule has 1 aliphatic carbocycles. The fraction of sp³-hybridized carbons (Fsp3) is 0.394. The summed E-state index contributed by atoms with van der Waals surface area (Å²) in [5.41, 5.74) is 5.95. The van der Waals surface area contributed by atoms with Crippen molar-refractivity contribution in [3.63, 3.8) is 0 Å². The number of rotatable bonds is 10. The fourth-order valence-corrected chi connectivity index (χ4v) is 6.53. The SMILES string of the molecule is CCCCCCC1(CCCCCC)c2c(ccc3ccccc23)-c2ccc3cc(O)ccc3c21. The molecular weight excluding hydrogens is 412 g/mol. The molecule has 1 nitrogen and oxygen atoms in total. The summed E-state index contributed by atoms with van der Waals surface area (Å²) in [6.07, 6.45) is 12.7. The molecule has 5 rings (SSSR count). The second-order valence-corrected chi connectivity index (χ2v) is 10.3. The summed E-state index contributed by atoms with van der Waals surface area (Å²) in [5, 5.41) is 15.5. The average molecular weight is 451 g/mol. The molecule has 0 fully saturated rings. The van der Waals surface area contributed by atoms with Gasteiger partial charge in [-0.15, -0.1) is 0 Å². The van der Waals surface area contributed by atoms with Crippen molar-refractivity contribution in [3.8, 4) is 16.9 Å². The van der Waals surface area contributed by atoms with Crippen LogP contribution >= 0.6 is 0 Å². The van der Waals surface area contributed by atoms with Crippen molar-refractivity contribution < 1.29 is 5.11 Å². The van der Waals surface area contributed by atoms with Gasteiger partial charge in [-0.1, -0.05) is 120 Å². The lowest BCUT2D eigenvalue weighted by atomic mass is 9.68. The lowest BCUT2D eigenvalue weighted by Crippen LogP contribution is -2.26. The summed E-state index contributed by atoms with van der Waals surface area (Å²) in [5.74, 6) is 0.352. The van der Waals surface area contributed by atoms with Crippen LogP contribution in [0.2, 0.25) is 0 Å². The van der Waals surface area contributed by atoms with Crippen molar-refractivity contribution in [1.82, 2.24) is 0 Å². The number of aromatic hydroxyl groups is 1. The van der Waals surface area contributed by atoms with Crippen LogP contribution in [0.4, 0.5) is 0 Å². The first-order chi connectivity index (χ1) is 16.7. The molecule has 4 aromatic carbocycles. The van der Waals surface area contributed by atoms with Gasteiger partial charge < -0.3 is 5.11 Å². The highest BCUT2D eigenvalue weighted by Gasteiger charge is 2.44. The Morgan fingerprint density at radius 2 is 1.18 bits per heavy atom. The van der Waals surface area contributed by atoms with E-state index in [0.29, 0.717) is 5.75 Å². The molecule has 4 aromatic rings. The maximum atomic E-state index is 10.2. The van der Waals surface area contributed by atoms with Gasteiger partial charge >= 0.3 is 0 Å². The fourth-order valence-electron chi connectivity index (χ4n) is 6.53. The summed E-state index contributed by atoms with van der Waals surface area (Å²) < 4.78 is 0. The Morgan fingerprint density at radius 3 is 1.82 bits per heavy atom. The monoisotopic (exact) mass is 450 g/mol. The van der Waals surface area contributed by atoms with Crippen molar-refractivity contribution in [2.24, 2.45) is 0 Å². The van der Waals surface area contributed by atoms with Gasteiger partial charge in [0.2, 0.25) is 0 Å². The molecule has 0 radical (unpaired) electrons. The largest absolute Gasteiger partial charge is 0.508 e. The van der Waals surface area contributed by atoms with Gasteiger partial charge in [-0.25, -0.2) is 0 Å². The Morgan fingerprint density at radius 1 is 0.588 bits per heavy atom. The highest BCUT2D eigenvalue weighted by Crippen LogP contribution is 2.58. The van der Waals surface area contributed by atoms with Crippen LogP contribution in [0.5, 0.6) is 5.75 Å². The molecule has 0 unspecified atom stereocenters. The zero-order chi connectivity index (χ0) is 23.5. The van der Waals surface area contributed by atoms with Crippen LogP contribution in [0.25, 0.3) is 32.7 Å². The van der Waals surface area contributed by atoms with E-state index >= 15 is 0 Å². The third kappa shape index (κ3) is 3.90. The first kappa shape index (κ1) is 23.0. The molecular formula is C33H38O. The second-order valence-electron chi connectivity index (χ2n) is 10.3. The molecule has 0 saturated heterocycles. The Kier molecular flexibility index (Phi) is 6.63. The summed E-state index contributed by atoms with van der Waals surface area (Å²) in [6, 6.07) is 24.2. The number of phenolic OH excluding ortho intramolecular Hbond substituents is 1. The van der Waals surface area contributed by atoms with Crippen LogP contribution in [-0.4, -0.2) is 5.11 Å². The van der Waals surface area contributed by atoms with Gasteiger partial charge in [-0.2, -0.15) is 0 Å². The van der Waals surface area contributed by atoms with Crippen molar-refractivity contribution in [2.45, 2.75) is 83.5 Å². The quantitative estimate of drug-likeness (QED) is 0.238. The molecule has 0 atom stereocenters. The molecule has 0 saturated carbocycles. The van der Waals surface area contributed by atoms with E-state index in [1.165, 1.54) is 97.1 Å². The van der Waals surface area contributed by atoms with E-state index in [1.54, 1.807) is 5.56 Å². The second kappa shape index (κ2) is 9.82. The molecule has 0 aliphatic heterocycles. The molecule has 34 heavy (non-hydrogen) atoms. The standard InChI is InChI=1S/C33H38O/c1-3-5-7-11-21-33(22-12-8-6-4-2)31-27-14-10-9-13-24(27)15-18-29(31)30-19-16-25-23-26(34)17-20-28(25)32(30)33/h9-10,13-20,23,34H,3-8,11-12,21-22H2,1-2H3. The summed E-state index contributed by atoms with van der Waals surface area (Å²) in [4.78, 5) is 0. The lowest BCUT2D eigenvalue weighted by molar-refractivity contribution is 0.405. The Hall–Kier alpha value is -2.80. The Balaban J connectivity index is 1.77. The zero-order valence-corrected chi connectivity index (χ0v) is 20.9. The van der Waals surface area contributed by atoms with Gasteiger partial charge in [0.1, 0.15) is 5.75 Å². The topological polar surface area (TPSA) is 20.2 Å². The number of unbranched alkanes of at least 4 members (excludes halogenated alkanes) is 6. The van der Waals surface area contributed by atoms with Crippen LogP contribution in [0.15, 0.2) is 66.7 Å². The van der Waals surface area contributed by atoms with Crippen LogP contribution in [-0.2, 0) is 5.41 Å². The van der Waals surface area contributed by atoms with E-state index in [4.69, 9.17) is 0 Å². The van der Waals surface area contributed by atoms with Crippen molar-refractivity contribution in [1.29, 1.82) is 0 Å². The van der Waals surface area contributed by atoms with Crippen LogP contribution < -0.4 is 0 Å². The maximum Gasteiger partial charge on any atom is 0.116 e. The third-order valence-electron chi connectivity index (χ3n) is 8.09. The van der Waals surface area contributed by atoms with E-state index < -0.39 is 0 Å². The number of benzene rings is 4. The minimum Gasteiger partial charge on any atom is -0.508 e. The van der Waals surface area contributed by atoms with Gasteiger partial charge in [-0.05, 0) is 68.8 Å². The maximum absolute atomic E-state index is 10.2. The van der Waals surface area contributed by atoms with Gasteiger partial charge in [0.15, 0.2) is 0 Å². The normalized spacial score (nSPS) is 13.9.